The van der Waals surface area contributed by atoms with Gasteiger partial charge < -0.3 is 9.47 Å². The summed E-state index contributed by atoms with van der Waals surface area (Å²) in [7, 11) is -1.50. The number of fused-ring (bicyclic) bond motifs is 1. The van der Waals surface area contributed by atoms with Gasteiger partial charge in [-0.3, -0.25) is 9.00 Å². The number of carbonyl (C=O) groups excluding carboxylic acids is 1. The fourth-order valence-corrected chi connectivity index (χ4v) is 5.49. The summed E-state index contributed by atoms with van der Waals surface area (Å²) in [5, 5.41) is 0. The summed E-state index contributed by atoms with van der Waals surface area (Å²) in [5.74, 6) is -0.108. The summed E-state index contributed by atoms with van der Waals surface area (Å²) >= 11 is 0. The molecule has 2 heterocycles. The maximum absolute atomic E-state index is 13.1. The molecule has 21 heavy (non-hydrogen) atoms. The zero-order chi connectivity index (χ0) is 14.7. The van der Waals surface area contributed by atoms with Gasteiger partial charge in [-0.25, -0.2) is 0 Å². The van der Waals surface area contributed by atoms with Crippen molar-refractivity contribution in [2.75, 3.05) is 6.61 Å². The van der Waals surface area contributed by atoms with E-state index in [9.17, 15) is 9.00 Å². The molecule has 0 bridgehead atoms. The predicted molar refractivity (Wildman–Crippen MR) is 77.2 cm³/mol. The third-order valence-corrected chi connectivity index (χ3v) is 6.91. The Morgan fingerprint density at radius 3 is 2.48 bits per heavy atom. The van der Waals surface area contributed by atoms with Crippen LogP contribution in [0.1, 0.15) is 32.6 Å². The van der Waals surface area contributed by atoms with Crippen LogP contribution in [-0.4, -0.2) is 32.7 Å². The molecule has 2 saturated heterocycles. The first-order chi connectivity index (χ1) is 10.0. The number of carbonyl (C=O) groups is 1. The van der Waals surface area contributed by atoms with E-state index in [4.69, 9.17) is 9.47 Å². The van der Waals surface area contributed by atoms with Crippen LogP contribution in [0.25, 0.3) is 0 Å². The first kappa shape index (κ1) is 13.6. The summed E-state index contributed by atoms with van der Waals surface area (Å²) in [6.07, 6.45) is 3.41. The highest BCUT2D eigenvalue weighted by molar-refractivity contribution is 7.87. The van der Waals surface area contributed by atoms with Gasteiger partial charge in [-0.1, -0.05) is 18.2 Å². The van der Waals surface area contributed by atoms with Crippen molar-refractivity contribution in [1.29, 1.82) is 0 Å². The van der Waals surface area contributed by atoms with Gasteiger partial charge in [0.15, 0.2) is 0 Å². The quantitative estimate of drug-likeness (QED) is 0.786. The summed E-state index contributed by atoms with van der Waals surface area (Å²) < 4.78 is 24.7. The van der Waals surface area contributed by atoms with Crippen LogP contribution < -0.4 is 0 Å². The molecule has 5 heteroatoms. The number of rotatable bonds is 2. The molecule has 3 atom stereocenters. The highest BCUT2D eigenvalue weighted by atomic mass is 32.2. The van der Waals surface area contributed by atoms with Crippen molar-refractivity contribution in [3.05, 3.63) is 30.3 Å². The Kier molecular flexibility index (Phi) is 2.75. The molecule has 1 aromatic rings. The fourth-order valence-electron chi connectivity index (χ4n) is 3.69. The lowest BCUT2D eigenvalue weighted by Crippen LogP contribution is -2.57. The molecule has 1 aliphatic carbocycles. The number of hydrogen-bond donors (Lipinski definition) is 0. The molecule has 3 fully saturated rings. The lowest BCUT2D eigenvalue weighted by atomic mass is 9.86. The average molecular weight is 306 g/mol. The third-order valence-electron chi connectivity index (χ3n) is 4.99. The van der Waals surface area contributed by atoms with Crippen molar-refractivity contribution in [2.45, 2.75) is 53.6 Å². The van der Waals surface area contributed by atoms with Gasteiger partial charge in [-0.05, 0) is 44.7 Å². The van der Waals surface area contributed by atoms with Crippen LogP contribution in [0.15, 0.2) is 35.2 Å². The molecule has 2 aliphatic heterocycles. The van der Waals surface area contributed by atoms with Gasteiger partial charge in [-0.2, -0.15) is 0 Å². The Morgan fingerprint density at radius 1 is 1.14 bits per heavy atom. The average Bonchev–Trinajstić information content (AvgIpc) is 2.92. The van der Waals surface area contributed by atoms with Gasteiger partial charge in [0.25, 0.3) is 0 Å². The summed E-state index contributed by atoms with van der Waals surface area (Å²) in [5.41, 5.74) is -1.51. The van der Waals surface area contributed by atoms with Gasteiger partial charge in [-0.15, -0.1) is 0 Å². The molecule has 0 aromatic heterocycles. The molecule has 1 aromatic carbocycles. The first-order valence-electron chi connectivity index (χ1n) is 7.40. The number of epoxide rings is 1. The fraction of sp³-hybridized carbons (Fsp3) is 0.562. The molecule has 0 radical (unpaired) electrons. The molecular weight excluding hydrogens is 288 g/mol. The Hall–Kier alpha value is -1.04. The van der Waals surface area contributed by atoms with Crippen LogP contribution in [0, 0.1) is 0 Å². The molecule has 112 valence electrons. The van der Waals surface area contributed by atoms with Crippen molar-refractivity contribution in [2.24, 2.45) is 0 Å². The Morgan fingerprint density at radius 2 is 1.81 bits per heavy atom. The summed E-state index contributed by atoms with van der Waals surface area (Å²) in [6, 6.07) is 9.11. The molecule has 4 rings (SSSR count). The number of benzene rings is 1. The van der Waals surface area contributed by atoms with Crippen LogP contribution in [0.3, 0.4) is 0 Å². The van der Waals surface area contributed by atoms with Crippen molar-refractivity contribution in [3.63, 3.8) is 0 Å². The van der Waals surface area contributed by atoms with E-state index in [0.717, 1.165) is 25.7 Å². The minimum Gasteiger partial charge on any atom is -0.364 e. The van der Waals surface area contributed by atoms with Crippen molar-refractivity contribution < 1.29 is 18.5 Å². The highest BCUT2D eigenvalue weighted by Crippen LogP contribution is 2.60. The Bertz CT molecular complexity index is 622. The number of hydrogen-bond acceptors (Lipinski definition) is 4. The molecule has 1 spiro atoms. The molecule has 0 amide bonds. The van der Waals surface area contributed by atoms with Crippen molar-refractivity contribution in [3.8, 4) is 0 Å². The summed E-state index contributed by atoms with van der Waals surface area (Å²) in [4.78, 5) is 12.5. The number of ketones is 1. The first-order valence-corrected chi connectivity index (χ1v) is 8.55. The number of ether oxygens (including phenoxy) is 2. The van der Waals surface area contributed by atoms with Gasteiger partial charge in [0.2, 0.25) is 10.7 Å². The van der Waals surface area contributed by atoms with E-state index in [1.165, 1.54) is 0 Å². The standard InChI is InChI=1S/C16H18O4S/c1-14-11-19-15(9-5-6-10-15)13(17)16(14,20-14)21(18)12-7-3-2-4-8-12/h2-4,7-8H,5-6,9-11H2,1H3. The van der Waals surface area contributed by atoms with E-state index in [1.807, 2.05) is 25.1 Å². The second kappa shape index (κ2) is 4.24. The molecule has 0 N–H and O–H groups in total. The van der Waals surface area contributed by atoms with Crippen molar-refractivity contribution in [1.82, 2.24) is 0 Å². The summed E-state index contributed by atoms with van der Waals surface area (Å²) in [6.45, 7) is 2.17. The maximum Gasteiger partial charge on any atom is 0.240 e. The van der Waals surface area contributed by atoms with E-state index in [1.54, 1.807) is 12.1 Å². The molecule has 4 nitrogen and oxygen atoms in total. The molecule has 1 saturated carbocycles. The smallest absolute Gasteiger partial charge is 0.240 e. The SMILES string of the molecule is CC12COC3(CCCC3)C(=O)C1(S(=O)c1ccccc1)O2. The number of Topliss-reactive ketones (excluding diaryl/α,β-unsaturated/α-hetero) is 1. The minimum absolute atomic E-state index is 0.108. The Labute approximate surface area is 126 Å². The van der Waals surface area contributed by atoms with Gasteiger partial charge in [0, 0.05) is 4.90 Å². The zero-order valence-electron chi connectivity index (χ0n) is 12.0. The molecule has 3 unspecified atom stereocenters. The second-order valence-corrected chi connectivity index (χ2v) is 7.93. The van der Waals surface area contributed by atoms with E-state index in [2.05, 4.69) is 0 Å². The zero-order valence-corrected chi connectivity index (χ0v) is 12.8. The lowest BCUT2D eigenvalue weighted by molar-refractivity contribution is -0.151. The topological polar surface area (TPSA) is 55.9 Å². The largest absolute Gasteiger partial charge is 0.364 e. The van der Waals surface area contributed by atoms with Crippen LogP contribution >= 0.6 is 0 Å². The van der Waals surface area contributed by atoms with E-state index in [0.29, 0.717) is 11.5 Å². The van der Waals surface area contributed by atoms with Crippen LogP contribution in [-0.2, 0) is 25.1 Å². The third kappa shape index (κ3) is 1.62. The van der Waals surface area contributed by atoms with Crippen LogP contribution in [0.2, 0.25) is 0 Å². The van der Waals surface area contributed by atoms with E-state index >= 15 is 0 Å². The minimum atomic E-state index is -1.50. The van der Waals surface area contributed by atoms with Gasteiger partial charge >= 0.3 is 0 Å². The van der Waals surface area contributed by atoms with Crippen LogP contribution in [0.5, 0.6) is 0 Å². The monoisotopic (exact) mass is 306 g/mol. The van der Waals surface area contributed by atoms with Gasteiger partial charge in [0.05, 0.1) is 17.4 Å². The lowest BCUT2D eigenvalue weighted by Gasteiger charge is -2.35. The highest BCUT2D eigenvalue weighted by Gasteiger charge is 2.82. The maximum atomic E-state index is 13.1. The molecule has 3 aliphatic rings. The second-order valence-electron chi connectivity index (χ2n) is 6.35. The Balaban J connectivity index is 1.76. The van der Waals surface area contributed by atoms with Gasteiger partial charge in [0.1, 0.15) is 11.2 Å². The van der Waals surface area contributed by atoms with Crippen molar-refractivity contribution >= 4 is 16.6 Å². The van der Waals surface area contributed by atoms with Crippen LogP contribution in [0.4, 0.5) is 0 Å². The van der Waals surface area contributed by atoms with E-state index in [-0.39, 0.29) is 5.78 Å². The molecular formula is C16H18O4S. The predicted octanol–water partition coefficient (Wildman–Crippen LogP) is 2.19. The van der Waals surface area contributed by atoms with E-state index < -0.39 is 26.9 Å². The normalized spacial score (nSPS) is 38.2.